The van der Waals surface area contributed by atoms with Crippen molar-refractivity contribution in [3.05, 3.63) is 200 Å². The van der Waals surface area contributed by atoms with Crippen LogP contribution in [0.25, 0.3) is 86.3 Å². The zero-order chi connectivity index (χ0) is 40.3. The second-order valence-electron chi connectivity index (χ2n) is 16.6. The minimum Gasteiger partial charge on any atom is -0.456 e. The van der Waals surface area contributed by atoms with Crippen LogP contribution in [0.1, 0.15) is 43.6 Å². The number of anilines is 3. The Balaban J connectivity index is 1.03. The molecule has 2 nitrogen and oxygen atoms in total. The van der Waals surface area contributed by atoms with E-state index < -0.39 is 0 Å². The van der Waals surface area contributed by atoms with Crippen LogP contribution in [-0.2, 0) is 0 Å². The summed E-state index contributed by atoms with van der Waals surface area (Å²) < 4.78 is 9.01. The topological polar surface area (TPSA) is 16.4 Å². The molecular weight excluding hydrogens is 759 g/mol. The fourth-order valence-corrected chi connectivity index (χ4v) is 11.3. The quantitative estimate of drug-likeness (QED) is 0.160. The third kappa shape index (κ3) is 6.23. The molecule has 3 heteroatoms. The van der Waals surface area contributed by atoms with Gasteiger partial charge >= 0.3 is 0 Å². The van der Waals surface area contributed by atoms with Gasteiger partial charge in [-0.1, -0.05) is 153 Å². The number of hydrogen-bond acceptors (Lipinski definition) is 3. The molecule has 12 rings (SSSR count). The van der Waals surface area contributed by atoms with Crippen molar-refractivity contribution in [2.24, 2.45) is 0 Å². The second-order valence-corrected chi connectivity index (χ2v) is 17.7. The first kappa shape index (κ1) is 36.0. The summed E-state index contributed by atoms with van der Waals surface area (Å²) in [6, 6.07) is 71.5. The monoisotopic (exact) mass is 801 g/mol. The summed E-state index contributed by atoms with van der Waals surface area (Å²) in [6.07, 6.45) is 6.47. The number of nitrogens with zero attached hydrogens (tertiary/aromatic N) is 1. The van der Waals surface area contributed by atoms with Crippen LogP contribution in [0, 0.1) is 0 Å². The molecule has 0 N–H and O–H groups in total. The van der Waals surface area contributed by atoms with Gasteiger partial charge in [0.2, 0.25) is 0 Å². The average Bonchev–Trinajstić information content (AvgIpc) is 3.90. The van der Waals surface area contributed by atoms with Gasteiger partial charge in [0.05, 0.1) is 5.69 Å². The highest BCUT2D eigenvalue weighted by Crippen LogP contribution is 2.47. The molecule has 0 amide bonds. The number of thiophene rings is 1. The molecule has 2 aromatic heterocycles. The van der Waals surface area contributed by atoms with E-state index in [1.54, 1.807) is 0 Å². The maximum Gasteiger partial charge on any atom is 0.136 e. The molecule has 11 aromatic rings. The molecule has 0 radical (unpaired) electrons. The summed E-state index contributed by atoms with van der Waals surface area (Å²) in [5.41, 5.74) is 13.9. The van der Waals surface area contributed by atoms with Crippen molar-refractivity contribution in [2.45, 2.75) is 38.0 Å². The lowest BCUT2D eigenvalue weighted by Gasteiger charge is -2.29. The van der Waals surface area contributed by atoms with Gasteiger partial charge in [0, 0.05) is 47.9 Å². The Kier molecular flexibility index (Phi) is 8.82. The molecule has 61 heavy (non-hydrogen) atoms. The van der Waals surface area contributed by atoms with Crippen molar-refractivity contribution >= 4 is 81.3 Å². The van der Waals surface area contributed by atoms with Gasteiger partial charge in [-0.3, -0.25) is 0 Å². The molecule has 0 saturated heterocycles. The molecule has 1 saturated carbocycles. The lowest BCUT2D eigenvalue weighted by Crippen LogP contribution is -2.11. The Bertz CT molecular complexity index is 3410. The molecule has 1 aliphatic rings. The van der Waals surface area contributed by atoms with Crippen molar-refractivity contribution in [2.75, 3.05) is 4.90 Å². The van der Waals surface area contributed by atoms with Crippen LogP contribution < -0.4 is 4.90 Å². The SMILES string of the molecule is c1cc(-c2ccc3c(c2)oc2ccccc23)cc(N(c2ccc(-c3cccc4sc5ccccc5c34)cc2)c2ccccc2-c2cccc3cccc(C4CCCCC4)c23)c1. The van der Waals surface area contributed by atoms with Gasteiger partial charge in [0.25, 0.3) is 0 Å². The van der Waals surface area contributed by atoms with E-state index in [1.807, 2.05) is 23.5 Å². The van der Waals surface area contributed by atoms with Gasteiger partial charge in [-0.05, 0) is 124 Å². The van der Waals surface area contributed by atoms with Gasteiger partial charge in [-0.25, -0.2) is 0 Å². The lowest BCUT2D eigenvalue weighted by molar-refractivity contribution is 0.445. The van der Waals surface area contributed by atoms with Gasteiger partial charge in [0.1, 0.15) is 11.2 Å². The van der Waals surface area contributed by atoms with Crippen LogP contribution in [0.15, 0.2) is 199 Å². The van der Waals surface area contributed by atoms with E-state index in [4.69, 9.17) is 4.42 Å². The van der Waals surface area contributed by atoms with Gasteiger partial charge in [-0.2, -0.15) is 0 Å². The first-order valence-electron chi connectivity index (χ1n) is 21.7. The highest BCUT2D eigenvalue weighted by Gasteiger charge is 2.23. The molecule has 2 heterocycles. The van der Waals surface area contributed by atoms with Gasteiger partial charge < -0.3 is 9.32 Å². The standard InChI is InChI=1S/C58H43NOS/c1-2-14-38(15-3-1)45-23-11-16-40-17-12-25-50(57(40)45)47-20-4-7-26-52(47)59(43-33-30-39(31-34-43)46-24-13-29-56-58(46)51-22-6-9-28-55(51)61-56)44-19-10-18-41(36-44)42-32-35-49-48-21-5-8-27-53(48)60-54(49)37-42/h4-13,16-38H,1-3,14-15H2. The molecule has 0 bridgehead atoms. The average molecular weight is 802 g/mol. The van der Waals surface area contributed by atoms with E-state index in [9.17, 15) is 0 Å². The highest BCUT2D eigenvalue weighted by molar-refractivity contribution is 7.25. The zero-order valence-corrected chi connectivity index (χ0v) is 34.7. The normalized spacial score (nSPS) is 13.5. The maximum absolute atomic E-state index is 6.37. The number of rotatable bonds is 7. The number of hydrogen-bond donors (Lipinski definition) is 0. The summed E-state index contributed by atoms with van der Waals surface area (Å²) in [5.74, 6) is 0.583. The Hall–Kier alpha value is -6.94. The van der Waals surface area contributed by atoms with Crippen LogP contribution >= 0.6 is 11.3 Å². The molecule has 1 fully saturated rings. The van der Waals surface area contributed by atoms with Crippen LogP contribution in [0.5, 0.6) is 0 Å². The minimum absolute atomic E-state index is 0.583. The largest absolute Gasteiger partial charge is 0.456 e. The number of fused-ring (bicyclic) bond motifs is 7. The predicted molar refractivity (Wildman–Crippen MR) is 261 cm³/mol. The summed E-state index contributed by atoms with van der Waals surface area (Å²) in [7, 11) is 0. The molecule has 292 valence electrons. The second kappa shape index (κ2) is 15.0. The smallest absolute Gasteiger partial charge is 0.136 e. The summed E-state index contributed by atoms with van der Waals surface area (Å²) >= 11 is 1.87. The Morgan fingerprint density at radius 3 is 2.00 bits per heavy atom. The molecule has 0 atom stereocenters. The van der Waals surface area contributed by atoms with E-state index >= 15 is 0 Å². The van der Waals surface area contributed by atoms with Crippen molar-refractivity contribution in [3.8, 4) is 33.4 Å². The third-order valence-electron chi connectivity index (χ3n) is 13.1. The summed E-state index contributed by atoms with van der Waals surface area (Å²) in [6.45, 7) is 0. The molecular formula is C58H43NOS. The molecule has 9 aromatic carbocycles. The van der Waals surface area contributed by atoms with Crippen molar-refractivity contribution in [1.29, 1.82) is 0 Å². The summed E-state index contributed by atoms with van der Waals surface area (Å²) in [4.78, 5) is 2.46. The molecule has 0 aliphatic heterocycles. The number of furan rings is 1. The Morgan fingerprint density at radius 1 is 0.426 bits per heavy atom. The maximum atomic E-state index is 6.37. The molecule has 0 unspecified atom stereocenters. The van der Waals surface area contributed by atoms with Gasteiger partial charge in [-0.15, -0.1) is 11.3 Å². The van der Waals surface area contributed by atoms with E-state index in [2.05, 4.69) is 187 Å². The van der Waals surface area contributed by atoms with Gasteiger partial charge in [0.15, 0.2) is 0 Å². The Labute approximate surface area is 360 Å². The molecule has 1 aliphatic carbocycles. The van der Waals surface area contributed by atoms with E-state index in [0.29, 0.717) is 5.92 Å². The van der Waals surface area contributed by atoms with E-state index in [0.717, 1.165) is 50.1 Å². The van der Waals surface area contributed by atoms with Crippen molar-refractivity contribution < 1.29 is 4.42 Å². The third-order valence-corrected chi connectivity index (χ3v) is 14.2. The first-order valence-corrected chi connectivity index (χ1v) is 22.5. The summed E-state index contributed by atoms with van der Waals surface area (Å²) in [5, 5.41) is 7.63. The van der Waals surface area contributed by atoms with Crippen molar-refractivity contribution in [1.82, 2.24) is 0 Å². The lowest BCUT2D eigenvalue weighted by atomic mass is 9.80. The van der Waals surface area contributed by atoms with Crippen LogP contribution in [0.4, 0.5) is 17.1 Å². The van der Waals surface area contributed by atoms with E-state index in [-0.39, 0.29) is 0 Å². The number of benzene rings is 9. The number of para-hydroxylation sites is 2. The van der Waals surface area contributed by atoms with Crippen LogP contribution in [-0.4, -0.2) is 0 Å². The van der Waals surface area contributed by atoms with E-state index in [1.165, 1.54) is 90.9 Å². The minimum atomic E-state index is 0.583. The Morgan fingerprint density at radius 2 is 1.10 bits per heavy atom. The first-order chi connectivity index (χ1) is 30.2. The molecule has 0 spiro atoms. The zero-order valence-electron chi connectivity index (χ0n) is 33.9. The fraction of sp³-hybridized carbons (Fsp3) is 0.103. The fourth-order valence-electron chi connectivity index (χ4n) is 10.2. The van der Waals surface area contributed by atoms with Crippen molar-refractivity contribution in [3.63, 3.8) is 0 Å². The van der Waals surface area contributed by atoms with Crippen LogP contribution in [0.2, 0.25) is 0 Å². The van der Waals surface area contributed by atoms with Crippen LogP contribution in [0.3, 0.4) is 0 Å². The predicted octanol–water partition coefficient (Wildman–Crippen LogP) is 17.6. The highest BCUT2D eigenvalue weighted by atomic mass is 32.1.